The van der Waals surface area contributed by atoms with Gasteiger partial charge in [0.1, 0.15) is 12.4 Å². The standard InChI is InChI=1S/C20H22N2O3S/c23-19(17-4-2-1-3-5-17)15-24-18-8-6-16(7-9-18)14-25-20(26)22-12-10-21-11-13-22/h1-9,21H,10-15H2. The lowest BCUT2D eigenvalue weighted by atomic mass is 10.1. The number of nitrogens with zero attached hydrogens (tertiary/aromatic N) is 1. The second kappa shape index (κ2) is 9.31. The van der Waals surface area contributed by atoms with Crippen LogP contribution in [0.2, 0.25) is 0 Å². The summed E-state index contributed by atoms with van der Waals surface area (Å²) in [6, 6.07) is 16.6. The van der Waals surface area contributed by atoms with Crippen molar-refractivity contribution in [3.63, 3.8) is 0 Å². The first-order chi connectivity index (χ1) is 12.7. The first-order valence-electron chi connectivity index (χ1n) is 8.65. The van der Waals surface area contributed by atoms with Gasteiger partial charge >= 0.3 is 0 Å². The van der Waals surface area contributed by atoms with Crippen molar-refractivity contribution in [3.8, 4) is 5.75 Å². The fourth-order valence-electron chi connectivity index (χ4n) is 2.62. The molecule has 0 bridgehead atoms. The second-order valence-corrected chi connectivity index (χ2v) is 6.36. The van der Waals surface area contributed by atoms with E-state index in [1.807, 2.05) is 42.5 Å². The summed E-state index contributed by atoms with van der Waals surface area (Å²) in [5.41, 5.74) is 1.66. The average molecular weight is 370 g/mol. The maximum Gasteiger partial charge on any atom is 0.259 e. The van der Waals surface area contributed by atoms with E-state index in [-0.39, 0.29) is 12.4 Å². The van der Waals surface area contributed by atoms with Gasteiger partial charge in [0.15, 0.2) is 12.4 Å². The molecule has 1 saturated heterocycles. The highest BCUT2D eigenvalue weighted by Gasteiger charge is 2.14. The molecule has 0 saturated carbocycles. The molecule has 1 aliphatic rings. The Morgan fingerprint density at radius 1 is 1.04 bits per heavy atom. The minimum Gasteiger partial charge on any atom is -0.485 e. The first-order valence-corrected chi connectivity index (χ1v) is 9.05. The van der Waals surface area contributed by atoms with Crippen LogP contribution in [0.5, 0.6) is 5.75 Å². The quantitative estimate of drug-likeness (QED) is 0.623. The number of carbonyl (C=O) groups excluding carboxylic acids is 1. The van der Waals surface area contributed by atoms with Crippen molar-refractivity contribution in [1.29, 1.82) is 0 Å². The van der Waals surface area contributed by atoms with E-state index in [1.54, 1.807) is 12.1 Å². The highest BCUT2D eigenvalue weighted by atomic mass is 32.1. The van der Waals surface area contributed by atoms with E-state index in [0.29, 0.717) is 23.1 Å². The maximum atomic E-state index is 12.0. The lowest BCUT2D eigenvalue weighted by Crippen LogP contribution is -2.46. The zero-order valence-electron chi connectivity index (χ0n) is 14.5. The number of carbonyl (C=O) groups is 1. The molecule has 0 aliphatic carbocycles. The van der Waals surface area contributed by atoms with Gasteiger partial charge in [0, 0.05) is 31.7 Å². The third-order valence-electron chi connectivity index (χ3n) is 4.13. The molecule has 0 radical (unpaired) electrons. The Balaban J connectivity index is 1.44. The summed E-state index contributed by atoms with van der Waals surface area (Å²) >= 11 is 5.33. The molecule has 2 aromatic carbocycles. The predicted molar refractivity (Wildman–Crippen MR) is 105 cm³/mol. The number of nitrogens with one attached hydrogen (secondary N) is 1. The van der Waals surface area contributed by atoms with Crippen LogP contribution in [-0.4, -0.2) is 48.6 Å². The summed E-state index contributed by atoms with van der Waals surface area (Å²) in [5.74, 6) is 0.613. The molecule has 1 N–H and O–H groups in total. The number of piperazine rings is 1. The molecule has 0 aromatic heterocycles. The number of Topliss-reactive ketones (excluding diaryl/α,β-unsaturated/α-hetero) is 1. The number of hydrogen-bond acceptors (Lipinski definition) is 5. The van der Waals surface area contributed by atoms with Crippen LogP contribution in [0.3, 0.4) is 0 Å². The second-order valence-electron chi connectivity index (χ2n) is 6.01. The smallest absolute Gasteiger partial charge is 0.259 e. The molecule has 1 fully saturated rings. The zero-order chi connectivity index (χ0) is 18.2. The molecule has 0 atom stereocenters. The molecule has 5 nitrogen and oxygen atoms in total. The van der Waals surface area contributed by atoms with Crippen LogP contribution in [0.25, 0.3) is 0 Å². The van der Waals surface area contributed by atoms with E-state index in [0.717, 1.165) is 31.7 Å². The largest absolute Gasteiger partial charge is 0.485 e. The third-order valence-corrected chi connectivity index (χ3v) is 4.50. The number of ketones is 1. The molecule has 6 heteroatoms. The molecule has 1 aliphatic heterocycles. The predicted octanol–water partition coefficient (Wildman–Crippen LogP) is 2.66. The Kier molecular flexibility index (Phi) is 6.57. The maximum absolute atomic E-state index is 12.0. The van der Waals surface area contributed by atoms with Crippen LogP contribution >= 0.6 is 12.2 Å². The highest BCUT2D eigenvalue weighted by molar-refractivity contribution is 7.80. The van der Waals surface area contributed by atoms with Crippen molar-refractivity contribution in [2.24, 2.45) is 0 Å². The molecule has 136 valence electrons. The van der Waals surface area contributed by atoms with Crippen molar-refractivity contribution in [3.05, 3.63) is 65.7 Å². The van der Waals surface area contributed by atoms with Crippen molar-refractivity contribution in [1.82, 2.24) is 10.2 Å². The number of ether oxygens (including phenoxy) is 2. The molecule has 2 aromatic rings. The first kappa shape index (κ1) is 18.4. The van der Waals surface area contributed by atoms with E-state index in [9.17, 15) is 4.79 Å². The molecule has 0 amide bonds. The van der Waals surface area contributed by atoms with Gasteiger partial charge in [0.2, 0.25) is 0 Å². The van der Waals surface area contributed by atoms with Gasteiger partial charge < -0.3 is 19.7 Å². The van der Waals surface area contributed by atoms with Gasteiger partial charge in [-0.15, -0.1) is 0 Å². The van der Waals surface area contributed by atoms with Gasteiger partial charge in [-0.05, 0) is 29.9 Å². The van der Waals surface area contributed by atoms with Crippen molar-refractivity contribution in [2.75, 3.05) is 32.8 Å². The van der Waals surface area contributed by atoms with Crippen LogP contribution in [0.15, 0.2) is 54.6 Å². The van der Waals surface area contributed by atoms with Crippen molar-refractivity contribution < 1.29 is 14.3 Å². The molecular weight excluding hydrogens is 348 g/mol. The Hall–Kier alpha value is -2.44. The van der Waals surface area contributed by atoms with Gasteiger partial charge in [-0.25, -0.2) is 0 Å². The van der Waals surface area contributed by atoms with E-state index in [1.165, 1.54) is 0 Å². The minimum atomic E-state index is -0.0422. The van der Waals surface area contributed by atoms with Gasteiger partial charge in [0.25, 0.3) is 5.17 Å². The highest BCUT2D eigenvalue weighted by Crippen LogP contribution is 2.14. The molecule has 1 heterocycles. The number of hydrogen-bond donors (Lipinski definition) is 1. The molecule has 0 spiro atoms. The van der Waals surface area contributed by atoms with Crippen LogP contribution in [0.1, 0.15) is 15.9 Å². The third kappa shape index (κ3) is 5.28. The fourth-order valence-corrected chi connectivity index (χ4v) is 2.86. The lowest BCUT2D eigenvalue weighted by molar-refractivity contribution is 0.0921. The van der Waals surface area contributed by atoms with Crippen LogP contribution in [0.4, 0.5) is 0 Å². The van der Waals surface area contributed by atoms with Gasteiger partial charge in [-0.3, -0.25) is 4.79 Å². The van der Waals surface area contributed by atoms with Crippen molar-refractivity contribution >= 4 is 23.2 Å². The number of thiocarbonyl (C=S) groups is 1. The summed E-state index contributed by atoms with van der Waals surface area (Å²) in [7, 11) is 0. The Morgan fingerprint density at radius 3 is 2.42 bits per heavy atom. The molecule has 3 rings (SSSR count). The van der Waals surface area contributed by atoms with E-state index < -0.39 is 0 Å². The topological polar surface area (TPSA) is 50.8 Å². The Morgan fingerprint density at radius 2 is 1.73 bits per heavy atom. The van der Waals surface area contributed by atoms with Crippen LogP contribution in [0, 0.1) is 0 Å². The van der Waals surface area contributed by atoms with Gasteiger partial charge in [-0.2, -0.15) is 0 Å². The van der Waals surface area contributed by atoms with Crippen molar-refractivity contribution in [2.45, 2.75) is 6.61 Å². The normalized spacial score (nSPS) is 13.9. The Bertz CT molecular complexity index is 728. The number of rotatable bonds is 6. The van der Waals surface area contributed by atoms with E-state index >= 15 is 0 Å². The molecular formula is C20H22N2O3S. The molecule has 26 heavy (non-hydrogen) atoms. The van der Waals surface area contributed by atoms with Gasteiger partial charge in [-0.1, -0.05) is 42.5 Å². The minimum absolute atomic E-state index is 0.0208. The van der Waals surface area contributed by atoms with Crippen LogP contribution < -0.4 is 10.1 Å². The van der Waals surface area contributed by atoms with E-state index in [4.69, 9.17) is 21.7 Å². The van der Waals surface area contributed by atoms with E-state index in [2.05, 4.69) is 10.2 Å². The lowest BCUT2D eigenvalue weighted by Gasteiger charge is -2.28. The van der Waals surface area contributed by atoms with Crippen LogP contribution in [-0.2, 0) is 11.3 Å². The summed E-state index contributed by atoms with van der Waals surface area (Å²) in [6.45, 7) is 4.05. The Labute approximate surface area is 158 Å². The summed E-state index contributed by atoms with van der Waals surface area (Å²) < 4.78 is 11.3. The summed E-state index contributed by atoms with van der Waals surface area (Å²) in [4.78, 5) is 14.1. The summed E-state index contributed by atoms with van der Waals surface area (Å²) in [6.07, 6.45) is 0. The average Bonchev–Trinajstić information content (AvgIpc) is 2.72. The van der Waals surface area contributed by atoms with Gasteiger partial charge in [0.05, 0.1) is 0 Å². The summed E-state index contributed by atoms with van der Waals surface area (Å²) in [5, 5.41) is 3.83. The molecule has 0 unspecified atom stereocenters. The SMILES string of the molecule is O=C(COc1ccc(COC(=S)N2CCNCC2)cc1)c1ccccc1. The fraction of sp³-hybridized carbons (Fsp3) is 0.300. The zero-order valence-corrected chi connectivity index (χ0v) is 15.3. The number of benzene rings is 2. The monoisotopic (exact) mass is 370 g/mol.